The molecule has 1 aromatic carbocycles. The van der Waals surface area contributed by atoms with Crippen molar-refractivity contribution in [2.45, 2.75) is 45.9 Å². The third-order valence-corrected chi connectivity index (χ3v) is 4.94. The minimum Gasteiger partial charge on any atom is -0.472 e. The van der Waals surface area contributed by atoms with Crippen LogP contribution in [0.4, 0.5) is 9.18 Å². The van der Waals surface area contributed by atoms with Crippen LogP contribution < -0.4 is 4.74 Å². The van der Waals surface area contributed by atoms with Crippen LogP contribution in [0.3, 0.4) is 0 Å². The Hall–Kier alpha value is -1.86. The molecule has 0 fully saturated rings. The zero-order valence-corrected chi connectivity index (χ0v) is 18.2. The highest BCUT2D eigenvalue weighted by molar-refractivity contribution is 9.10. The topological polar surface area (TPSA) is 51.7 Å². The number of benzene rings is 1. The molecule has 3 rings (SSSR count). The van der Waals surface area contributed by atoms with Gasteiger partial charge < -0.3 is 14.4 Å². The van der Waals surface area contributed by atoms with Gasteiger partial charge in [-0.2, -0.15) is 0 Å². The maximum Gasteiger partial charge on any atom is 0.410 e. The summed E-state index contributed by atoms with van der Waals surface area (Å²) in [4.78, 5) is 18.5. The fourth-order valence-corrected chi connectivity index (χ4v) is 3.42. The van der Waals surface area contributed by atoms with Crippen LogP contribution in [-0.4, -0.2) is 28.1 Å². The van der Waals surface area contributed by atoms with Crippen LogP contribution in [0.1, 0.15) is 37.6 Å². The maximum absolute atomic E-state index is 13.9. The van der Waals surface area contributed by atoms with E-state index in [1.165, 1.54) is 6.07 Å². The second-order valence-corrected chi connectivity index (χ2v) is 8.85. The number of nitrogens with zero attached hydrogens (tertiary/aromatic N) is 2. The first-order valence-electron chi connectivity index (χ1n) is 8.85. The smallest absolute Gasteiger partial charge is 0.410 e. The molecule has 1 aliphatic rings. The molecule has 0 spiro atoms. The molecule has 28 heavy (non-hydrogen) atoms. The lowest BCUT2D eigenvalue weighted by molar-refractivity contribution is 0.0220. The highest BCUT2D eigenvalue weighted by Crippen LogP contribution is 2.30. The van der Waals surface area contributed by atoms with Gasteiger partial charge in [0.1, 0.15) is 18.0 Å². The van der Waals surface area contributed by atoms with Crippen molar-refractivity contribution in [3.8, 4) is 5.88 Å². The van der Waals surface area contributed by atoms with Crippen LogP contribution in [0.25, 0.3) is 0 Å². The molecule has 1 amide bonds. The van der Waals surface area contributed by atoms with E-state index in [1.54, 1.807) is 17.0 Å². The molecule has 0 saturated carbocycles. The lowest BCUT2D eigenvalue weighted by Gasteiger charge is -2.31. The molecule has 0 radical (unpaired) electrons. The SMILES string of the molecule is CC(C)(C)OC(=O)N1CCc2cc(Br)c(OCc3ccc(Cl)cc3F)nc2C1. The van der Waals surface area contributed by atoms with Crippen molar-refractivity contribution in [1.82, 2.24) is 9.88 Å². The van der Waals surface area contributed by atoms with E-state index in [9.17, 15) is 9.18 Å². The highest BCUT2D eigenvalue weighted by atomic mass is 79.9. The van der Waals surface area contributed by atoms with Crippen molar-refractivity contribution in [3.63, 3.8) is 0 Å². The minimum atomic E-state index is -0.554. The van der Waals surface area contributed by atoms with Gasteiger partial charge in [0.2, 0.25) is 5.88 Å². The molecule has 1 aromatic heterocycles. The van der Waals surface area contributed by atoms with Crippen LogP contribution in [0.2, 0.25) is 5.02 Å². The summed E-state index contributed by atoms with van der Waals surface area (Å²) in [5.41, 5.74) is 1.61. The molecule has 0 atom stereocenters. The van der Waals surface area contributed by atoms with E-state index in [4.69, 9.17) is 21.1 Å². The fourth-order valence-electron chi connectivity index (χ4n) is 2.78. The van der Waals surface area contributed by atoms with E-state index in [1.807, 2.05) is 26.8 Å². The normalized spacial score (nSPS) is 13.9. The number of rotatable bonds is 3. The van der Waals surface area contributed by atoms with Gasteiger partial charge in [-0.05, 0) is 66.9 Å². The van der Waals surface area contributed by atoms with E-state index in [2.05, 4.69) is 20.9 Å². The Morgan fingerprint density at radius 3 is 2.79 bits per heavy atom. The summed E-state index contributed by atoms with van der Waals surface area (Å²) in [6.07, 6.45) is 0.306. The number of halogens is 3. The van der Waals surface area contributed by atoms with Gasteiger partial charge in [0, 0.05) is 17.1 Å². The Morgan fingerprint density at radius 2 is 2.11 bits per heavy atom. The fraction of sp³-hybridized carbons (Fsp3) is 0.400. The zero-order chi connectivity index (χ0) is 20.5. The molecular formula is C20H21BrClFN2O3. The van der Waals surface area contributed by atoms with Crippen molar-refractivity contribution < 1.29 is 18.7 Å². The first kappa shape index (κ1) is 20.9. The van der Waals surface area contributed by atoms with E-state index >= 15 is 0 Å². The van der Waals surface area contributed by atoms with Crippen LogP contribution in [0, 0.1) is 5.82 Å². The van der Waals surface area contributed by atoms with Crippen molar-refractivity contribution in [1.29, 1.82) is 0 Å². The molecule has 0 aliphatic carbocycles. The van der Waals surface area contributed by atoms with Gasteiger partial charge in [0.25, 0.3) is 0 Å². The number of carbonyl (C=O) groups is 1. The van der Waals surface area contributed by atoms with Gasteiger partial charge in [0.15, 0.2) is 0 Å². The van der Waals surface area contributed by atoms with Crippen LogP contribution >= 0.6 is 27.5 Å². The predicted octanol–water partition coefficient (Wildman–Crippen LogP) is 5.51. The van der Waals surface area contributed by atoms with Crippen molar-refractivity contribution in [2.75, 3.05) is 6.54 Å². The number of ether oxygens (including phenoxy) is 2. The largest absolute Gasteiger partial charge is 0.472 e. The molecular weight excluding hydrogens is 451 g/mol. The van der Waals surface area contributed by atoms with E-state index in [0.717, 1.165) is 11.3 Å². The number of carbonyl (C=O) groups excluding carboxylic acids is 1. The zero-order valence-electron chi connectivity index (χ0n) is 15.9. The van der Waals surface area contributed by atoms with Gasteiger partial charge in [-0.3, -0.25) is 0 Å². The number of fused-ring (bicyclic) bond motifs is 1. The molecule has 1 aliphatic heterocycles. The monoisotopic (exact) mass is 470 g/mol. The molecule has 0 bridgehead atoms. The van der Waals surface area contributed by atoms with Gasteiger partial charge in [-0.1, -0.05) is 17.7 Å². The molecule has 0 N–H and O–H groups in total. The number of aromatic nitrogens is 1. The van der Waals surface area contributed by atoms with E-state index in [-0.39, 0.29) is 12.7 Å². The second-order valence-electron chi connectivity index (χ2n) is 7.56. The Balaban J connectivity index is 1.73. The number of hydrogen-bond donors (Lipinski definition) is 0. The summed E-state index contributed by atoms with van der Waals surface area (Å²) in [6.45, 7) is 6.42. The lowest BCUT2D eigenvalue weighted by atomic mass is 10.1. The Kier molecular flexibility index (Phi) is 6.15. The standard InChI is InChI=1S/C20H21BrClFN2O3/c1-20(2,3)28-19(26)25-7-6-12-8-15(21)18(24-17(12)10-25)27-11-13-4-5-14(22)9-16(13)23/h4-5,8-9H,6-7,10-11H2,1-3H3. The maximum atomic E-state index is 13.9. The second kappa shape index (κ2) is 8.25. The van der Waals surface area contributed by atoms with Gasteiger partial charge >= 0.3 is 6.09 Å². The third kappa shape index (κ3) is 5.14. The summed E-state index contributed by atoms with van der Waals surface area (Å²) >= 11 is 9.23. The molecule has 150 valence electrons. The molecule has 0 saturated heterocycles. The quantitative estimate of drug-likeness (QED) is 0.592. The number of pyridine rings is 1. The summed E-state index contributed by atoms with van der Waals surface area (Å²) in [7, 11) is 0. The number of amides is 1. The van der Waals surface area contributed by atoms with Crippen molar-refractivity contribution >= 4 is 33.6 Å². The molecule has 2 aromatic rings. The first-order chi connectivity index (χ1) is 13.1. The summed E-state index contributed by atoms with van der Waals surface area (Å²) in [5, 5.41) is 0.330. The average molecular weight is 472 g/mol. The van der Waals surface area contributed by atoms with Gasteiger partial charge in [-0.25, -0.2) is 14.2 Å². The number of hydrogen-bond acceptors (Lipinski definition) is 4. The molecule has 5 nitrogen and oxygen atoms in total. The van der Waals surface area contributed by atoms with E-state index < -0.39 is 11.4 Å². The van der Waals surface area contributed by atoms with Crippen LogP contribution in [0.5, 0.6) is 5.88 Å². The molecule has 2 heterocycles. The molecule has 0 unspecified atom stereocenters. The van der Waals surface area contributed by atoms with Crippen LogP contribution in [0.15, 0.2) is 28.7 Å². The first-order valence-corrected chi connectivity index (χ1v) is 10.0. The lowest BCUT2D eigenvalue weighted by Crippen LogP contribution is -2.40. The highest BCUT2D eigenvalue weighted by Gasteiger charge is 2.27. The third-order valence-electron chi connectivity index (χ3n) is 4.14. The summed E-state index contributed by atoms with van der Waals surface area (Å²) < 4.78 is 25.8. The Morgan fingerprint density at radius 1 is 1.36 bits per heavy atom. The predicted molar refractivity (Wildman–Crippen MR) is 108 cm³/mol. The van der Waals surface area contributed by atoms with E-state index in [0.29, 0.717) is 40.4 Å². The Labute approximate surface area is 176 Å². The van der Waals surface area contributed by atoms with Crippen molar-refractivity contribution in [2.24, 2.45) is 0 Å². The van der Waals surface area contributed by atoms with Gasteiger partial charge in [0.05, 0.1) is 16.7 Å². The summed E-state index contributed by atoms with van der Waals surface area (Å²) in [5.74, 6) is -0.0863. The van der Waals surface area contributed by atoms with Gasteiger partial charge in [-0.15, -0.1) is 0 Å². The average Bonchev–Trinajstić information content (AvgIpc) is 2.59. The van der Waals surface area contributed by atoms with Crippen molar-refractivity contribution in [3.05, 3.63) is 56.4 Å². The van der Waals surface area contributed by atoms with Crippen LogP contribution in [-0.2, 0) is 24.3 Å². The minimum absolute atomic E-state index is 0.0170. The summed E-state index contributed by atoms with van der Waals surface area (Å²) in [6, 6.07) is 6.36. The Bertz CT molecular complexity index is 902. The molecule has 8 heteroatoms.